The smallest absolute Gasteiger partial charge is 0.230 e. The third-order valence-electron chi connectivity index (χ3n) is 3.33. The zero-order chi connectivity index (χ0) is 18.8. The van der Waals surface area contributed by atoms with E-state index in [2.05, 4.69) is 15.5 Å². The highest BCUT2D eigenvalue weighted by atomic mass is 32.1. The maximum Gasteiger partial charge on any atom is 0.230 e. The van der Waals surface area contributed by atoms with Crippen molar-refractivity contribution in [3.63, 3.8) is 0 Å². The maximum absolute atomic E-state index is 13.6. The molecule has 0 saturated carbocycles. The molecule has 1 aromatic heterocycles. The first-order chi connectivity index (χ1) is 12.4. The van der Waals surface area contributed by atoms with Crippen LogP contribution in [0, 0.1) is 29.1 Å². The molecule has 0 aliphatic carbocycles. The van der Waals surface area contributed by atoms with Gasteiger partial charge >= 0.3 is 0 Å². The Balaban J connectivity index is 1.78. The van der Waals surface area contributed by atoms with Gasteiger partial charge in [0.25, 0.3) is 0 Å². The molecule has 0 spiro atoms. The molecule has 3 aromatic rings. The molecule has 0 aliphatic heterocycles. The summed E-state index contributed by atoms with van der Waals surface area (Å²) in [6.07, 6.45) is -1.05. The lowest BCUT2D eigenvalue weighted by Gasteiger charge is -2.07. The zero-order valence-electron chi connectivity index (χ0n) is 12.7. The molecule has 1 heterocycles. The van der Waals surface area contributed by atoms with Crippen molar-refractivity contribution in [2.24, 2.45) is 0 Å². The molecule has 134 valence electrons. The summed E-state index contributed by atoms with van der Waals surface area (Å²) in [6.45, 7) is 0. The SMILES string of the molecule is O=C(Cc1c(F)c(F)c(F)c(F)c1F)Nc1nnc(-c2ccccc2)s1. The van der Waals surface area contributed by atoms with Gasteiger partial charge in [-0.05, 0) is 0 Å². The number of hydrogen-bond donors (Lipinski definition) is 1. The van der Waals surface area contributed by atoms with E-state index < -0.39 is 47.0 Å². The number of rotatable bonds is 4. The van der Waals surface area contributed by atoms with E-state index in [0.717, 1.165) is 16.9 Å². The van der Waals surface area contributed by atoms with E-state index in [0.29, 0.717) is 5.01 Å². The van der Waals surface area contributed by atoms with Gasteiger partial charge in [0, 0.05) is 11.1 Å². The van der Waals surface area contributed by atoms with Crippen LogP contribution in [0.5, 0.6) is 0 Å². The average Bonchev–Trinajstić information content (AvgIpc) is 3.11. The van der Waals surface area contributed by atoms with E-state index in [4.69, 9.17) is 0 Å². The van der Waals surface area contributed by atoms with Crippen LogP contribution >= 0.6 is 11.3 Å². The first-order valence-electron chi connectivity index (χ1n) is 7.07. The Kier molecular flexibility index (Phi) is 4.94. The summed E-state index contributed by atoms with van der Waals surface area (Å²) in [6, 6.07) is 8.88. The number of benzene rings is 2. The van der Waals surface area contributed by atoms with Crippen LogP contribution in [0.25, 0.3) is 10.6 Å². The third-order valence-corrected chi connectivity index (χ3v) is 4.22. The number of nitrogens with zero attached hydrogens (tertiary/aromatic N) is 2. The summed E-state index contributed by atoms with van der Waals surface area (Å²) in [5, 5.41) is 10.3. The Bertz CT molecular complexity index is 949. The summed E-state index contributed by atoms with van der Waals surface area (Å²) in [7, 11) is 0. The summed E-state index contributed by atoms with van der Waals surface area (Å²) >= 11 is 0.992. The minimum absolute atomic E-state index is 0.0257. The fourth-order valence-corrected chi connectivity index (χ4v) is 2.87. The molecular weight excluding hydrogens is 377 g/mol. The first-order valence-corrected chi connectivity index (χ1v) is 7.89. The number of carbonyl (C=O) groups is 1. The largest absolute Gasteiger partial charge is 0.300 e. The van der Waals surface area contributed by atoms with E-state index in [1.165, 1.54) is 0 Å². The van der Waals surface area contributed by atoms with Crippen LogP contribution in [-0.4, -0.2) is 16.1 Å². The van der Waals surface area contributed by atoms with Crippen LogP contribution in [0.1, 0.15) is 5.56 Å². The minimum atomic E-state index is -2.28. The quantitative estimate of drug-likeness (QED) is 0.418. The molecule has 4 nitrogen and oxygen atoms in total. The molecule has 2 aromatic carbocycles. The van der Waals surface area contributed by atoms with Crippen LogP contribution in [-0.2, 0) is 11.2 Å². The lowest BCUT2D eigenvalue weighted by atomic mass is 10.1. The van der Waals surface area contributed by atoms with Gasteiger partial charge in [0.1, 0.15) is 5.01 Å². The molecule has 10 heteroatoms. The molecular formula is C16H8F5N3OS. The molecule has 0 bridgehead atoms. The number of nitrogens with one attached hydrogen (secondary N) is 1. The Hall–Kier alpha value is -2.88. The molecule has 0 atom stereocenters. The maximum atomic E-state index is 13.6. The van der Waals surface area contributed by atoms with Crippen molar-refractivity contribution in [3.8, 4) is 10.6 Å². The van der Waals surface area contributed by atoms with Gasteiger partial charge in [-0.3, -0.25) is 4.79 Å². The van der Waals surface area contributed by atoms with Crippen molar-refractivity contribution in [1.29, 1.82) is 0 Å². The van der Waals surface area contributed by atoms with Gasteiger partial charge < -0.3 is 5.32 Å². The predicted octanol–water partition coefficient (Wildman–Crippen LogP) is 4.08. The number of halogens is 5. The Morgan fingerprint density at radius 3 is 2.08 bits per heavy atom. The normalized spacial score (nSPS) is 10.8. The Morgan fingerprint density at radius 1 is 0.885 bits per heavy atom. The second kappa shape index (κ2) is 7.16. The summed E-state index contributed by atoms with van der Waals surface area (Å²) < 4.78 is 66.5. The van der Waals surface area contributed by atoms with Crippen molar-refractivity contribution in [3.05, 3.63) is 65.0 Å². The van der Waals surface area contributed by atoms with Crippen molar-refractivity contribution < 1.29 is 26.7 Å². The standard InChI is InChI=1S/C16H8F5N3OS/c17-10-8(11(18)13(20)14(21)12(10)19)6-9(25)22-16-24-23-15(26-16)7-4-2-1-3-5-7/h1-5H,6H2,(H,22,24,25). The molecule has 0 fully saturated rings. The first kappa shape index (κ1) is 17.9. The molecule has 3 rings (SSSR count). The fraction of sp³-hybridized carbons (Fsp3) is 0.0625. The highest BCUT2D eigenvalue weighted by Gasteiger charge is 2.27. The van der Waals surface area contributed by atoms with Gasteiger partial charge in [-0.2, -0.15) is 0 Å². The minimum Gasteiger partial charge on any atom is -0.300 e. The number of aromatic nitrogens is 2. The fourth-order valence-electron chi connectivity index (χ4n) is 2.10. The molecule has 0 unspecified atom stereocenters. The molecule has 0 aliphatic rings. The highest BCUT2D eigenvalue weighted by Crippen LogP contribution is 2.27. The lowest BCUT2D eigenvalue weighted by Crippen LogP contribution is -2.18. The predicted molar refractivity (Wildman–Crippen MR) is 83.9 cm³/mol. The van der Waals surface area contributed by atoms with Crippen molar-refractivity contribution in [2.75, 3.05) is 5.32 Å². The summed E-state index contributed by atoms with van der Waals surface area (Å²) in [5.74, 6) is -11.6. The lowest BCUT2D eigenvalue weighted by molar-refractivity contribution is -0.115. The second-order valence-electron chi connectivity index (χ2n) is 5.05. The topological polar surface area (TPSA) is 54.9 Å². The summed E-state index contributed by atoms with van der Waals surface area (Å²) in [4.78, 5) is 11.9. The van der Waals surface area contributed by atoms with E-state index >= 15 is 0 Å². The van der Waals surface area contributed by atoms with Gasteiger partial charge in [0.2, 0.25) is 16.9 Å². The highest BCUT2D eigenvalue weighted by molar-refractivity contribution is 7.18. The number of hydrogen-bond acceptors (Lipinski definition) is 4. The van der Waals surface area contributed by atoms with Gasteiger partial charge in [0.15, 0.2) is 23.3 Å². The van der Waals surface area contributed by atoms with Crippen LogP contribution < -0.4 is 5.32 Å². The van der Waals surface area contributed by atoms with Crippen LogP contribution in [0.3, 0.4) is 0 Å². The van der Waals surface area contributed by atoms with Crippen molar-refractivity contribution in [1.82, 2.24) is 10.2 Å². The summed E-state index contributed by atoms with van der Waals surface area (Å²) in [5.41, 5.74) is -0.475. The van der Waals surface area contributed by atoms with Crippen LogP contribution in [0.15, 0.2) is 30.3 Å². The number of anilines is 1. The number of carbonyl (C=O) groups excluding carboxylic acids is 1. The van der Waals surface area contributed by atoms with E-state index in [1.54, 1.807) is 30.3 Å². The van der Waals surface area contributed by atoms with Gasteiger partial charge in [0.05, 0.1) is 6.42 Å². The second-order valence-corrected chi connectivity index (χ2v) is 6.03. The third kappa shape index (κ3) is 3.40. The molecule has 1 amide bonds. The van der Waals surface area contributed by atoms with Crippen molar-refractivity contribution in [2.45, 2.75) is 6.42 Å². The van der Waals surface area contributed by atoms with E-state index in [-0.39, 0.29) is 5.13 Å². The van der Waals surface area contributed by atoms with Crippen molar-refractivity contribution >= 4 is 22.4 Å². The Labute approximate surface area is 147 Å². The zero-order valence-corrected chi connectivity index (χ0v) is 13.5. The van der Waals surface area contributed by atoms with Crippen LogP contribution in [0.2, 0.25) is 0 Å². The molecule has 0 saturated heterocycles. The van der Waals surface area contributed by atoms with Gasteiger partial charge in [-0.25, -0.2) is 22.0 Å². The average molecular weight is 385 g/mol. The monoisotopic (exact) mass is 385 g/mol. The van der Waals surface area contributed by atoms with Crippen LogP contribution in [0.4, 0.5) is 27.1 Å². The molecule has 0 radical (unpaired) electrons. The van der Waals surface area contributed by atoms with Gasteiger partial charge in [-0.15, -0.1) is 10.2 Å². The van der Waals surface area contributed by atoms with E-state index in [9.17, 15) is 26.7 Å². The number of amides is 1. The van der Waals surface area contributed by atoms with Gasteiger partial charge in [-0.1, -0.05) is 41.7 Å². The van der Waals surface area contributed by atoms with E-state index in [1.807, 2.05) is 0 Å². The Morgan fingerprint density at radius 2 is 1.46 bits per heavy atom. The molecule has 1 N–H and O–H groups in total. The molecule has 26 heavy (non-hydrogen) atoms.